The number of aromatic hydroxyl groups is 1. The van der Waals surface area contributed by atoms with E-state index < -0.39 is 0 Å². The smallest absolute Gasteiger partial charge is 0.161 e. The van der Waals surface area contributed by atoms with Crippen LogP contribution < -0.4 is 4.74 Å². The minimum Gasteiger partial charge on any atom is -0.504 e. The van der Waals surface area contributed by atoms with Gasteiger partial charge >= 0.3 is 0 Å². The molecule has 1 aromatic carbocycles. The first-order valence-electron chi connectivity index (χ1n) is 8.52. The number of fused-ring (bicyclic) bond motifs is 2. The summed E-state index contributed by atoms with van der Waals surface area (Å²) >= 11 is 0. The van der Waals surface area contributed by atoms with Gasteiger partial charge in [0.05, 0.1) is 19.8 Å². The Morgan fingerprint density at radius 3 is 2.74 bits per heavy atom. The molecular formula is C20H28O3. The SMILES string of the molecule is COc1cc(/C=C/CO[C@H]2C(C)(C)[C@H]3CC[C@]2(C)C3)ccc1O. The number of hydrogen-bond acceptors (Lipinski definition) is 3. The van der Waals surface area contributed by atoms with E-state index in [9.17, 15) is 5.11 Å². The van der Waals surface area contributed by atoms with Gasteiger partial charge in [0.15, 0.2) is 11.5 Å². The average molecular weight is 316 g/mol. The van der Waals surface area contributed by atoms with Crippen molar-refractivity contribution in [2.75, 3.05) is 13.7 Å². The van der Waals surface area contributed by atoms with Crippen LogP contribution in [0, 0.1) is 16.7 Å². The fourth-order valence-corrected chi connectivity index (χ4v) is 4.81. The molecule has 2 aliphatic carbocycles. The number of methoxy groups -OCH3 is 1. The fraction of sp³-hybridized carbons (Fsp3) is 0.600. The number of benzene rings is 1. The lowest BCUT2D eigenvalue weighted by Gasteiger charge is -2.42. The van der Waals surface area contributed by atoms with Crippen molar-refractivity contribution in [2.24, 2.45) is 16.7 Å². The molecule has 3 atom stereocenters. The molecule has 0 aromatic heterocycles. The highest BCUT2D eigenvalue weighted by atomic mass is 16.5. The lowest BCUT2D eigenvalue weighted by atomic mass is 9.70. The molecule has 23 heavy (non-hydrogen) atoms. The predicted octanol–water partition coefficient (Wildman–Crippen LogP) is 4.65. The van der Waals surface area contributed by atoms with Crippen molar-refractivity contribution in [2.45, 2.75) is 46.1 Å². The molecule has 126 valence electrons. The quantitative estimate of drug-likeness (QED) is 0.859. The number of ether oxygens (including phenoxy) is 2. The van der Waals surface area contributed by atoms with Gasteiger partial charge < -0.3 is 14.6 Å². The van der Waals surface area contributed by atoms with Crippen molar-refractivity contribution >= 4 is 6.08 Å². The van der Waals surface area contributed by atoms with Gasteiger partial charge in [-0.3, -0.25) is 0 Å². The first kappa shape index (κ1) is 16.4. The first-order valence-corrected chi connectivity index (χ1v) is 8.52. The van der Waals surface area contributed by atoms with Gasteiger partial charge in [-0.05, 0) is 53.7 Å². The van der Waals surface area contributed by atoms with Crippen LogP contribution in [0.3, 0.4) is 0 Å². The van der Waals surface area contributed by atoms with E-state index in [4.69, 9.17) is 9.47 Å². The standard InChI is InChI=1S/C20H28O3/c1-19(2)15-9-10-20(3,13-15)18(19)23-11-5-6-14-7-8-16(21)17(12-14)22-4/h5-8,12,15,18,21H,9-11,13H2,1-4H3/b6-5+/t15-,18-,20+/m0/s1. The summed E-state index contributed by atoms with van der Waals surface area (Å²) in [5.41, 5.74) is 1.63. The van der Waals surface area contributed by atoms with Crippen molar-refractivity contribution in [1.29, 1.82) is 0 Å². The van der Waals surface area contributed by atoms with Crippen LogP contribution in [0.1, 0.15) is 45.6 Å². The number of hydrogen-bond donors (Lipinski definition) is 1. The van der Waals surface area contributed by atoms with Crippen molar-refractivity contribution in [3.05, 3.63) is 29.8 Å². The van der Waals surface area contributed by atoms with E-state index in [1.54, 1.807) is 13.2 Å². The van der Waals surface area contributed by atoms with Crippen LogP contribution in [0.15, 0.2) is 24.3 Å². The summed E-state index contributed by atoms with van der Waals surface area (Å²) in [6.07, 6.45) is 8.37. The maximum Gasteiger partial charge on any atom is 0.161 e. The monoisotopic (exact) mass is 316 g/mol. The third kappa shape index (κ3) is 2.87. The summed E-state index contributed by atoms with van der Waals surface area (Å²) < 4.78 is 11.4. The average Bonchev–Trinajstić information content (AvgIpc) is 2.99. The van der Waals surface area contributed by atoms with Crippen molar-refractivity contribution in [3.8, 4) is 11.5 Å². The minimum atomic E-state index is 0.164. The molecule has 2 aliphatic rings. The molecule has 3 nitrogen and oxygen atoms in total. The number of phenolic OH excluding ortho intramolecular Hbond substituents is 1. The molecular weight excluding hydrogens is 288 g/mol. The lowest BCUT2D eigenvalue weighted by Crippen LogP contribution is -2.42. The Labute approximate surface area is 139 Å². The molecule has 2 saturated carbocycles. The van der Waals surface area contributed by atoms with Gasteiger partial charge in [-0.2, -0.15) is 0 Å². The van der Waals surface area contributed by atoms with Crippen molar-refractivity contribution < 1.29 is 14.6 Å². The van der Waals surface area contributed by atoms with Crippen molar-refractivity contribution in [1.82, 2.24) is 0 Å². The van der Waals surface area contributed by atoms with Crippen LogP contribution in [0.4, 0.5) is 0 Å². The zero-order chi connectivity index (χ0) is 16.7. The van der Waals surface area contributed by atoms with E-state index in [0.29, 0.717) is 23.9 Å². The second-order valence-corrected chi connectivity index (χ2v) is 7.96. The molecule has 0 radical (unpaired) electrons. The van der Waals surface area contributed by atoms with Gasteiger partial charge in [0.1, 0.15) is 0 Å². The third-order valence-electron chi connectivity index (χ3n) is 6.01. The highest BCUT2D eigenvalue weighted by molar-refractivity contribution is 5.55. The zero-order valence-corrected chi connectivity index (χ0v) is 14.6. The Morgan fingerprint density at radius 2 is 2.09 bits per heavy atom. The molecule has 0 amide bonds. The number of phenols is 1. The highest BCUT2D eigenvalue weighted by Gasteiger charge is 2.59. The molecule has 0 unspecified atom stereocenters. The first-order chi connectivity index (χ1) is 10.9. The van der Waals surface area contributed by atoms with E-state index in [-0.39, 0.29) is 11.2 Å². The van der Waals surface area contributed by atoms with Crippen LogP contribution in [-0.2, 0) is 4.74 Å². The van der Waals surface area contributed by atoms with Crippen LogP contribution in [-0.4, -0.2) is 24.9 Å². The molecule has 0 spiro atoms. The number of rotatable bonds is 5. The predicted molar refractivity (Wildman–Crippen MR) is 92.7 cm³/mol. The van der Waals surface area contributed by atoms with E-state index in [0.717, 1.165) is 11.5 Å². The topological polar surface area (TPSA) is 38.7 Å². The largest absolute Gasteiger partial charge is 0.504 e. The maximum atomic E-state index is 9.62. The summed E-state index contributed by atoms with van der Waals surface area (Å²) in [6.45, 7) is 7.74. The van der Waals surface area contributed by atoms with Crippen molar-refractivity contribution in [3.63, 3.8) is 0 Å². The highest BCUT2D eigenvalue weighted by Crippen LogP contribution is 2.63. The summed E-state index contributed by atoms with van der Waals surface area (Å²) in [5, 5.41) is 9.62. The summed E-state index contributed by atoms with van der Waals surface area (Å²) in [4.78, 5) is 0. The zero-order valence-electron chi connectivity index (χ0n) is 14.6. The van der Waals surface area contributed by atoms with E-state index in [1.165, 1.54) is 19.3 Å². The molecule has 0 heterocycles. The Balaban J connectivity index is 1.61. The van der Waals surface area contributed by atoms with Gasteiger partial charge in [-0.15, -0.1) is 0 Å². The fourth-order valence-electron chi connectivity index (χ4n) is 4.81. The van der Waals surface area contributed by atoms with Crippen LogP contribution in [0.5, 0.6) is 11.5 Å². The molecule has 3 heteroatoms. The molecule has 1 aromatic rings. The van der Waals surface area contributed by atoms with Gasteiger partial charge in [-0.1, -0.05) is 39.0 Å². The van der Waals surface area contributed by atoms with Gasteiger partial charge in [0.25, 0.3) is 0 Å². The summed E-state index contributed by atoms with van der Waals surface area (Å²) in [6, 6.07) is 5.35. The Bertz CT molecular complexity index is 600. The van der Waals surface area contributed by atoms with Crippen LogP contribution >= 0.6 is 0 Å². The summed E-state index contributed by atoms with van der Waals surface area (Å²) in [5.74, 6) is 1.47. The molecule has 2 bridgehead atoms. The molecule has 1 N–H and O–H groups in total. The Hall–Kier alpha value is -1.48. The van der Waals surface area contributed by atoms with E-state index in [2.05, 4.69) is 26.8 Å². The Morgan fingerprint density at radius 1 is 1.30 bits per heavy atom. The molecule has 0 aliphatic heterocycles. The minimum absolute atomic E-state index is 0.164. The molecule has 2 fully saturated rings. The lowest BCUT2D eigenvalue weighted by molar-refractivity contribution is -0.0784. The second kappa shape index (κ2) is 5.86. The van der Waals surface area contributed by atoms with E-state index >= 15 is 0 Å². The van der Waals surface area contributed by atoms with Crippen LogP contribution in [0.2, 0.25) is 0 Å². The van der Waals surface area contributed by atoms with Gasteiger partial charge in [-0.25, -0.2) is 0 Å². The van der Waals surface area contributed by atoms with Gasteiger partial charge in [0, 0.05) is 0 Å². The van der Waals surface area contributed by atoms with E-state index in [1.807, 2.05) is 18.2 Å². The normalized spacial score (nSPS) is 31.8. The second-order valence-electron chi connectivity index (χ2n) is 7.96. The third-order valence-corrected chi connectivity index (χ3v) is 6.01. The van der Waals surface area contributed by atoms with Crippen LogP contribution in [0.25, 0.3) is 6.08 Å². The maximum absolute atomic E-state index is 9.62. The molecule has 0 saturated heterocycles. The van der Waals surface area contributed by atoms with Gasteiger partial charge in [0.2, 0.25) is 0 Å². The molecule has 3 rings (SSSR count). The summed E-state index contributed by atoms with van der Waals surface area (Å²) in [7, 11) is 1.56. The Kier molecular flexibility index (Phi) is 4.18.